The van der Waals surface area contributed by atoms with Crippen molar-refractivity contribution in [3.8, 4) is 5.88 Å². The Hall–Kier alpha value is -2.63. The maximum atomic E-state index is 12.3. The van der Waals surface area contributed by atoms with Gasteiger partial charge in [0.25, 0.3) is 0 Å². The third-order valence-electron chi connectivity index (χ3n) is 4.54. The van der Waals surface area contributed by atoms with Gasteiger partial charge in [-0.2, -0.15) is 0 Å². The number of rotatable bonds is 10. The van der Waals surface area contributed by atoms with Crippen molar-refractivity contribution in [2.24, 2.45) is 0 Å². The minimum Gasteiger partial charge on any atom is -0.452 e. The number of aldehydes is 1. The molecule has 0 spiro atoms. The third kappa shape index (κ3) is 5.18. The van der Waals surface area contributed by atoms with Gasteiger partial charge in [-0.15, -0.1) is 0 Å². The molecule has 1 aromatic heterocycles. The monoisotopic (exact) mass is 373 g/mol. The van der Waals surface area contributed by atoms with Crippen LogP contribution in [0, 0.1) is 0 Å². The largest absolute Gasteiger partial charge is 0.452 e. The number of ether oxygens (including phenoxy) is 2. The van der Waals surface area contributed by atoms with Crippen LogP contribution in [-0.2, 0) is 9.53 Å². The molecule has 0 atom stereocenters. The molecule has 0 aliphatic heterocycles. The Kier molecular flexibility index (Phi) is 8.04. The van der Waals surface area contributed by atoms with E-state index in [9.17, 15) is 14.4 Å². The van der Waals surface area contributed by atoms with E-state index in [-0.39, 0.29) is 17.9 Å². The van der Waals surface area contributed by atoms with Gasteiger partial charge >= 0.3 is 12.1 Å². The molecular formula is C21H27NO5. The number of hydrogen-bond acceptors (Lipinski definition) is 5. The fourth-order valence-corrected chi connectivity index (χ4v) is 3.11. The van der Waals surface area contributed by atoms with E-state index < -0.39 is 12.1 Å². The van der Waals surface area contributed by atoms with Crippen molar-refractivity contribution in [2.45, 2.75) is 58.3 Å². The molecule has 27 heavy (non-hydrogen) atoms. The number of carbonyl (C=O) groups is 3. The SMILES string of the molecule is CCCCCCCCCC(=O)Oc1c(C=O)c2ccccc2n1C(=O)OC. The van der Waals surface area contributed by atoms with Gasteiger partial charge in [-0.05, 0) is 12.5 Å². The van der Waals surface area contributed by atoms with Crippen molar-refractivity contribution in [1.29, 1.82) is 0 Å². The molecule has 1 aromatic carbocycles. The number of hydrogen-bond donors (Lipinski definition) is 0. The Balaban J connectivity index is 2.07. The molecular weight excluding hydrogens is 346 g/mol. The average molecular weight is 373 g/mol. The molecule has 6 heteroatoms. The van der Waals surface area contributed by atoms with Crippen LogP contribution < -0.4 is 4.74 Å². The minimum absolute atomic E-state index is 0.0778. The number of nitrogens with zero attached hydrogens (tertiary/aromatic N) is 1. The lowest BCUT2D eigenvalue weighted by molar-refractivity contribution is -0.134. The summed E-state index contributed by atoms with van der Waals surface area (Å²) in [5.74, 6) is -0.536. The first-order chi connectivity index (χ1) is 13.1. The highest BCUT2D eigenvalue weighted by molar-refractivity contribution is 6.05. The molecule has 6 nitrogen and oxygen atoms in total. The molecule has 0 fully saturated rings. The maximum absolute atomic E-state index is 12.3. The molecule has 0 bridgehead atoms. The molecule has 0 unspecified atom stereocenters. The number of carbonyl (C=O) groups excluding carboxylic acids is 3. The molecule has 0 aliphatic rings. The van der Waals surface area contributed by atoms with Crippen LogP contribution in [0.4, 0.5) is 4.79 Å². The summed E-state index contributed by atoms with van der Waals surface area (Å²) in [7, 11) is 1.24. The predicted octanol–water partition coefficient (Wildman–Crippen LogP) is 5.11. The summed E-state index contributed by atoms with van der Waals surface area (Å²) >= 11 is 0. The molecule has 0 aliphatic carbocycles. The van der Waals surface area contributed by atoms with Crippen LogP contribution in [-0.4, -0.2) is 30.0 Å². The van der Waals surface area contributed by atoms with Crippen LogP contribution in [0.5, 0.6) is 5.88 Å². The van der Waals surface area contributed by atoms with Gasteiger partial charge in [0.2, 0.25) is 5.88 Å². The van der Waals surface area contributed by atoms with E-state index in [0.29, 0.717) is 17.2 Å². The molecule has 0 saturated carbocycles. The van der Waals surface area contributed by atoms with Crippen LogP contribution in [0.2, 0.25) is 0 Å². The summed E-state index contributed by atoms with van der Waals surface area (Å²) < 4.78 is 11.3. The average Bonchev–Trinajstić information content (AvgIpc) is 2.99. The molecule has 0 saturated heterocycles. The molecule has 2 rings (SSSR count). The van der Waals surface area contributed by atoms with E-state index in [1.54, 1.807) is 24.3 Å². The van der Waals surface area contributed by atoms with E-state index in [1.165, 1.54) is 32.8 Å². The molecule has 146 valence electrons. The van der Waals surface area contributed by atoms with Crippen LogP contribution in [0.25, 0.3) is 10.9 Å². The van der Waals surface area contributed by atoms with Gasteiger partial charge in [0.15, 0.2) is 6.29 Å². The van der Waals surface area contributed by atoms with Gasteiger partial charge in [-0.3, -0.25) is 9.59 Å². The lowest BCUT2D eigenvalue weighted by atomic mass is 10.1. The van der Waals surface area contributed by atoms with Crippen LogP contribution in [0.3, 0.4) is 0 Å². The first kappa shape index (κ1) is 20.7. The zero-order valence-electron chi connectivity index (χ0n) is 16.0. The summed E-state index contributed by atoms with van der Waals surface area (Å²) in [5.41, 5.74) is 0.633. The van der Waals surface area contributed by atoms with E-state index in [4.69, 9.17) is 9.47 Å². The topological polar surface area (TPSA) is 74.6 Å². The standard InChI is InChI=1S/C21H27NO5/c1-3-4-5-6-7-8-9-14-19(24)27-20-17(15-23)16-12-10-11-13-18(16)22(20)21(25)26-2/h10-13,15H,3-9,14H2,1-2H3. The highest BCUT2D eigenvalue weighted by Crippen LogP contribution is 2.31. The van der Waals surface area contributed by atoms with E-state index >= 15 is 0 Å². The fourth-order valence-electron chi connectivity index (χ4n) is 3.11. The van der Waals surface area contributed by atoms with Gasteiger partial charge in [-0.25, -0.2) is 9.36 Å². The number of unbranched alkanes of at least 4 members (excludes halogenated alkanes) is 6. The second-order valence-electron chi connectivity index (χ2n) is 6.50. The van der Waals surface area contributed by atoms with Crippen molar-refractivity contribution < 1.29 is 23.9 Å². The lowest BCUT2D eigenvalue weighted by Gasteiger charge is -2.09. The Labute approximate surface area is 159 Å². The van der Waals surface area contributed by atoms with Crippen LogP contribution in [0.1, 0.15) is 68.6 Å². The quantitative estimate of drug-likeness (QED) is 0.328. The second kappa shape index (κ2) is 10.5. The van der Waals surface area contributed by atoms with Crippen molar-refractivity contribution in [2.75, 3.05) is 7.11 Å². The predicted molar refractivity (Wildman–Crippen MR) is 103 cm³/mol. The Morgan fingerprint density at radius 3 is 2.37 bits per heavy atom. The minimum atomic E-state index is -0.710. The molecule has 0 radical (unpaired) electrons. The molecule has 2 aromatic rings. The van der Waals surface area contributed by atoms with Gasteiger partial charge in [0.1, 0.15) is 0 Å². The summed E-state index contributed by atoms with van der Waals surface area (Å²) in [6.45, 7) is 2.18. The van der Waals surface area contributed by atoms with Gasteiger partial charge in [0.05, 0.1) is 18.2 Å². The number of benzene rings is 1. The fraction of sp³-hybridized carbons (Fsp3) is 0.476. The molecule has 0 N–H and O–H groups in total. The highest BCUT2D eigenvalue weighted by Gasteiger charge is 2.24. The number of esters is 1. The first-order valence-corrected chi connectivity index (χ1v) is 9.51. The number of methoxy groups -OCH3 is 1. The third-order valence-corrected chi connectivity index (χ3v) is 4.54. The second-order valence-corrected chi connectivity index (χ2v) is 6.50. The Bertz CT molecular complexity index is 793. The highest BCUT2D eigenvalue weighted by atomic mass is 16.6. The van der Waals surface area contributed by atoms with Gasteiger partial charge in [0, 0.05) is 11.8 Å². The van der Waals surface area contributed by atoms with Gasteiger partial charge < -0.3 is 9.47 Å². The summed E-state index contributed by atoms with van der Waals surface area (Å²) in [5, 5.41) is 0.539. The van der Waals surface area contributed by atoms with E-state index in [1.807, 2.05) is 0 Å². The van der Waals surface area contributed by atoms with Crippen molar-refractivity contribution in [1.82, 2.24) is 4.57 Å². The van der Waals surface area contributed by atoms with Crippen LogP contribution >= 0.6 is 0 Å². The zero-order valence-corrected chi connectivity index (χ0v) is 16.0. The normalized spacial score (nSPS) is 10.7. The number of aromatic nitrogens is 1. The summed E-state index contributed by atoms with van der Waals surface area (Å²) in [6, 6.07) is 6.86. The number of fused-ring (bicyclic) bond motifs is 1. The van der Waals surface area contributed by atoms with Crippen molar-refractivity contribution >= 4 is 29.3 Å². The maximum Gasteiger partial charge on any atom is 0.421 e. The van der Waals surface area contributed by atoms with Crippen molar-refractivity contribution in [3.05, 3.63) is 29.8 Å². The molecule has 1 heterocycles. The Morgan fingerprint density at radius 1 is 1.04 bits per heavy atom. The van der Waals surface area contributed by atoms with E-state index in [0.717, 1.165) is 23.8 Å². The van der Waals surface area contributed by atoms with Crippen LogP contribution in [0.15, 0.2) is 24.3 Å². The molecule has 0 amide bonds. The lowest BCUT2D eigenvalue weighted by Crippen LogP contribution is -2.17. The summed E-state index contributed by atoms with van der Waals surface area (Å²) in [6.07, 6.45) is 7.76. The van der Waals surface area contributed by atoms with Crippen molar-refractivity contribution in [3.63, 3.8) is 0 Å². The van der Waals surface area contributed by atoms with E-state index in [2.05, 4.69) is 6.92 Å². The number of para-hydroxylation sites is 1. The smallest absolute Gasteiger partial charge is 0.421 e. The zero-order chi connectivity index (χ0) is 19.6. The Morgan fingerprint density at radius 2 is 1.70 bits per heavy atom. The van der Waals surface area contributed by atoms with Gasteiger partial charge in [-0.1, -0.05) is 63.6 Å². The summed E-state index contributed by atoms with van der Waals surface area (Å²) in [4.78, 5) is 36.0. The first-order valence-electron chi connectivity index (χ1n) is 9.51.